The summed E-state index contributed by atoms with van der Waals surface area (Å²) in [5, 5.41) is 20.9. The summed E-state index contributed by atoms with van der Waals surface area (Å²) >= 11 is 0. The fraction of sp³-hybridized carbons (Fsp3) is 0.745. The molecule has 6 N–H and O–H groups in total. The van der Waals surface area contributed by atoms with E-state index in [1.165, 1.54) is 57.4 Å². The van der Waals surface area contributed by atoms with Gasteiger partial charge in [0, 0.05) is 19.0 Å². The van der Waals surface area contributed by atoms with E-state index < -0.39 is 83.7 Å². The number of hydrogen-bond donors (Lipinski definition) is 5. The number of nitrogens with two attached hydrogens (primary N) is 1. The summed E-state index contributed by atoms with van der Waals surface area (Å²) in [6, 6.07) is 1.24. The number of anilines is 1. The molecule has 19 nitrogen and oxygen atoms in total. The first kappa shape index (κ1) is 59.2. The minimum absolute atomic E-state index is 0.0335. The van der Waals surface area contributed by atoms with Gasteiger partial charge >= 0.3 is 33.3 Å². The van der Waals surface area contributed by atoms with Crippen LogP contribution < -0.4 is 11.4 Å². The first-order chi connectivity index (χ1) is 32.5. The number of hydrogen-bond acceptors (Lipinski definition) is 16. The molecule has 2 aliphatic rings. The Labute approximate surface area is 402 Å². The van der Waals surface area contributed by atoms with E-state index in [-0.39, 0.29) is 30.9 Å². The van der Waals surface area contributed by atoms with Crippen LogP contribution >= 0.6 is 15.6 Å². The van der Waals surface area contributed by atoms with Crippen molar-refractivity contribution in [3.8, 4) is 0 Å². The normalized spacial score (nSPS) is 22.8. The summed E-state index contributed by atoms with van der Waals surface area (Å²) in [5.74, 6) is -0.639. The average molecular weight is 1000 g/mol. The van der Waals surface area contributed by atoms with Gasteiger partial charge in [-0.25, -0.2) is 13.9 Å². The fourth-order valence-corrected chi connectivity index (χ4v) is 9.47. The molecule has 2 saturated heterocycles. The highest BCUT2D eigenvalue weighted by atomic mass is 31.3. The van der Waals surface area contributed by atoms with E-state index in [0.29, 0.717) is 19.3 Å². The maximum absolute atomic E-state index is 12.9. The molecule has 0 bridgehead atoms. The van der Waals surface area contributed by atoms with Gasteiger partial charge in [0.15, 0.2) is 12.3 Å². The highest BCUT2D eigenvalue weighted by Crippen LogP contribution is 2.60. The lowest BCUT2D eigenvalue weighted by Crippen LogP contribution is -2.36. The minimum Gasteiger partial charge on any atom is -0.462 e. The number of phosphoric ester groups is 2. The molecule has 1 aromatic rings. The molecule has 3 heterocycles. The zero-order chi connectivity index (χ0) is 49.8. The molecule has 388 valence electrons. The first-order valence-electron chi connectivity index (χ1n) is 24.5. The van der Waals surface area contributed by atoms with Crippen LogP contribution in [0.2, 0.25) is 0 Å². The Morgan fingerprint density at radius 2 is 1.37 bits per heavy atom. The molecule has 2 aliphatic heterocycles. The molecule has 9 atom stereocenters. The standard InChI is InChI=1S/C47H79N3O16P2/c1-4-5-6-7-8-10-14-17-22-27-38-39(64-38)28-23-19-20-25-30-43(52)63-37(33-60-42(51)29-24-18-15-12-9-11-13-16-21-26-36(2)3)34-61-67(56,57)66-68(58,59)62-35-40-44(53)45(54)46(65-40)50-32-31-41(48)49-47(50)55/h8,10,17,19,22-23,31-32,36-40,44-46,53-54H,4-7,9,11-16,18,20-21,24-30,33-35H2,1-3H3,(H,56,57)(H,58,59)(H2,48,49,55)/b10-8-,22-17-,23-19-/t37-,38?,39?,40-,44-,45-,46-/m1/s1. The van der Waals surface area contributed by atoms with Crippen molar-refractivity contribution in [1.29, 1.82) is 0 Å². The molecule has 0 spiro atoms. The molecule has 0 saturated carbocycles. The topological polar surface area (TPSA) is 278 Å². The van der Waals surface area contributed by atoms with Crippen molar-refractivity contribution in [2.24, 2.45) is 5.92 Å². The van der Waals surface area contributed by atoms with E-state index in [1.807, 2.05) is 12.2 Å². The van der Waals surface area contributed by atoms with Gasteiger partial charge in [-0.05, 0) is 63.4 Å². The molecule has 0 aromatic carbocycles. The van der Waals surface area contributed by atoms with Crippen LogP contribution in [0.5, 0.6) is 0 Å². The summed E-state index contributed by atoms with van der Waals surface area (Å²) in [4.78, 5) is 61.8. The van der Waals surface area contributed by atoms with Gasteiger partial charge in [0.1, 0.15) is 30.7 Å². The number of phosphoric acid groups is 2. The SMILES string of the molecule is CCCCC/C=C\C/C=C\CC1OC1C/C=C\CCCC(=O)O[C@H](COC(=O)CCCCCCCCCCCC(C)C)COP(=O)(O)OP(=O)(O)OC[C@H]1O[C@@H](n2ccc(N)nc2=O)[C@H](O)[C@@H]1O. The number of allylic oxidation sites excluding steroid dienone is 4. The van der Waals surface area contributed by atoms with Crippen molar-refractivity contribution < 1.29 is 71.0 Å². The Balaban J connectivity index is 1.43. The van der Waals surface area contributed by atoms with E-state index in [4.69, 9.17) is 33.7 Å². The predicted molar refractivity (Wildman–Crippen MR) is 256 cm³/mol. The molecular weight excluding hydrogens is 924 g/mol. The number of carbonyl (C=O) groups is 2. The monoisotopic (exact) mass is 1000 g/mol. The van der Waals surface area contributed by atoms with Crippen molar-refractivity contribution >= 4 is 33.4 Å². The number of nitrogens with zero attached hydrogens (tertiary/aromatic N) is 2. The van der Waals surface area contributed by atoms with Crippen LogP contribution in [0.15, 0.2) is 53.5 Å². The highest BCUT2D eigenvalue weighted by Gasteiger charge is 2.46. The van der Waals surface area contributed by atoms with Crippen molar-refractivity contribution in [2.75, 3.05) is 25.6 Å². The first-order valence-corrected chi connectivity index (χ1v) is 27.5. The van der Waals surface area contributed by atoms with Crippen LogP contribution in [-0.2, 0) is 51.0 Å². The minimum atomic E-state index is -5.44. The van der Waals surface area contributed by atoms with Gasteiger partial charge in [0.2, 0.25) is 0 Å². The summed E-state index contributed by atoms with van der Waals surface area (Å²) < 4.78 is 62.4. The number of unbranched alkanes of at least 4 members (excludes halogenated alkanes) is 12. The number of aliphatic hydroxyl groups is 2. The molecule has 0 aliphatic carbocycles. The number of rotatable bonds is 38. The Morgan fingerprint density at radius 3 is 2.04 bits per heavy atom. The second-order valence-electron chi connectivity index (χ2n) is 17.8. The van der Waals surface area contributed by atoms with Crippen molar-refractivity contribution in [3.05, 3.63) is 59.2 Å². The maximum atomic E-state index is 12.9. The molecule has 3 rings (SSSR count). The molecule has 4 unspecified atom stereocenters. The van der Waals surface area contributed by atoms with E-state index in [0.717, 1.165) is 68.0 Å². The number of aromatic nitrogens is 2. The summed E-state index contributed by atoms with van der Waals surface area (Å²) in [6.45, 7) is 4.32. The van der Waals surface area contributed by atoms with Crippen LogP contribution in [-0.4, -0.2) is 97.9 Å². The van der Waals surface area contributed by atoms with Gasteiger partial charge in [-0.3, -0.25) is 23.2 Å². The van der Waals surface area contributed by atoms with Gasteiger partial charge in [-0.2, -0.15) is 9.29 Å². The molecule has 68 heavy (non-hydrogen) atoms. The van der Waals surface area contributed by atoms with Crippen molar-refractivity contribution in [2.45, 2.75) is 198 Å². The Bertz CT molecular complexity index is 1860. The lowest BCUT2D eigenvalue weighted by molar-refractivity contribution is -0.161. The van der Waals surface area contributed by atoms with Gasteiger partial charge in [-0.15, -0.1) is 0 Å². The number of esters is 2. The number of epoxide rings is 1. The van der Waals surface area contributed by atoms with Crippen LogP contribution in [0.3, 0.4) is 0 Å². The number of nitrogen functional groups attached to an aromatic ring is 1. The lowest BCUT2D eigenvalue weighted by Gasteiger charge is -2.21. The van der Waals surface area contributed by atoms with E-state index in [1.54, 1.807) is 0 Å². The Morgan fingerprint density at radius 1 is 0.765 bits per heavy atom. The van der Waals surface area contributed by atoms with E-state index >= 15 is 0 Å². The largest absolute Gasteiger partial charge is 0.481 e. The lowest BCUT2D eigenvalue weighted by atomic mass is 10.0. The van der Waals surface area contributed by atoms with Gasteiger partial charge in [0.05, 0.1) is 25.4 Å². The zero-order valence-corrected chi connectivity index (χ0v) is 42.1. The maximum Gasteiger partial charge on any atom is 0.481 e. The Kier molecular flexibility index (Phi) is 28.5. The second kappa shape index (κ2) is 32.8. The van der Waals surface area contributed by atoms with Crippen LogP contribution in [0.25, 0.3) is 0 Å². The quantitative estimate of drug-likeness (QED) is 0.0137. The Hall–Kier alpha value is -3.06. The third-order valence-electron chi connectivity index (χ3n) is 11.3. The smallest absolute Gasteiger partial charge is 0.462 e. The van der Waals surface area contributed by atoms with Gasteiger partial charge in [0.25, 0.3) is 0 Å². The van der Waals surface area contributed by atoms with E-state index in [9.17, 15) is 43.5 Å². The third-order valence-corrected chi connectivity index (χ3v) is 13.9. The zero-order valence-electron chi connectivity index (χ0n) is 40.3. The summed E-state index contributed by atoms with van der Waals surface area (Å²) in [7, 11) is -10.9. The highest BCUT2D eigenvalue weighted by molar-refractivity contribution is 7.61. The fourth-order valence-electron chi connectivity index (χ4n) is 7.35. The van der Waals surface area contributed by atoms with E-state index in [2.05, 4.69) is 54.4 Å². The van der Waals surface area contributed by atoms with Crippen LogP contribution in [0.4, 0.5) is 5.82 Å². The van der Waals surface area contributed by atoms with Crippen LogP contribution in [0.1, 0.15) is 162 Å². The predicted octanol–water partition coefficient (Wildman–Crippen LogP) is 8.45. The molecule has 0 radical (unpaired) electrons. The molecule has 21 heteroatoms. The second-order valence-corrected chi connectivity index (χ2v) is 20.9. The molecular formula is C47H79N3O16P2. The molecule has 1 aromatic heterocycles. The number of carbonyl (C=O) groups excluding carboxylic acids is 2. The van der Waals surface area contributed by atoms with Crippen LogP contribution in [0, 0.1) is 5.92 Å². The molecule has 0 amide bonds. The number of aliphatic hydroxyl groups excluding tert-OH is 2. The molecule has 2 fully saturated rings. The third kappa shape index (κ3) is 25.7. The average Bonchev–Trinajstić information content (AvgIpc) is 3.97. The summed E-state index contributed by atoms with van der Waals surface area (Å²) in [5.41, 5.74) is 4.58. The number of ether oxygens (including phenoxy) is 4. The van der Waals surface area contributed by atoms with Crippen molar-refractivity contribution in [1.82, 2.24) is 9.55 Å². The van der Waals surface area contributed by atoms with Gasteiger partial charge < -0.3 is 44.7 Å². The van der Waals surface area contributed by atoms with Crippen molar-refractivity contribution in [3.63, 3.8) is 0 Å². The van der Waals surface area contributed by atoms with Gasteiger partial charge in [-0.1, -0.05) is 128 Å². The summed E-state index contributed by atoms with van der Waals surface area (Å²) in [6.07, 6.45) is 25.6.